The molecule has 1 aromatic carbocycles. The van der Waals surface area contributed by atoms with Crippen LogP contribution in [0, 0.1) is 0 Å². The van der Waals surface area contributed by atoms with Gasteiger partial charge in [-0.3, -0.25) is 9.48 Å². The number of anilines is 1. The van der Waals surface area contributed by atoms with Crippen LogP contribution in [-0.4, -0.2) is 21.8 Å². The second-order valence-electron chi connectivity index (χ2n) is 8.03. The number of carbonyl (C=O) groups is 1. The van der Waals surface area contributed by atoms with Crippen LogP contribution in [-0.2, 0) is 17.3 Å². The quantitative estimate of drug-likeness (QED) is 0.919. The fraction of sp³-hybridized carbons (Fsp3) is 0.500. The number of hydrogen-bond acceptors (Lipinski definition) is 3. The Balaban J connectivity index is 2.05. The van der Waals surface area contributed by atoms with Crippen molar-refractivity contribution >= 4 is 11.7 Å². The maximum absolute atomic E-state index is 12.3. The summed E-state index contributed by atoms with van der Waals surface area (Å²) < 4.78 is 7.52. The molecule has 3 rings (SSSR count). The molecule has 0 saturated heterocycles. The van der Waals surface area contributed by atoms with E-state index in [2.05, 4.69) is 38.2 Å². The van der Waals surface area contributed by atoms with Gasteiger partial charge >= 0.3 is 0 Å². The number of fused-ring (bicyclic) bond motifs is 1. The van der Waals surface area contributed by atoms with Crippen LogP contribution in [0.15, 0.2) is 24.3 Å². The van der Waals surface area contributed by atoms with Crippen LogP contribution in [0.25, 0.3) is 0 Å². The van der Waals surface area contributed by atoms with Crippen LogP contribution in [0.4, 0.5) is 5.82 Å². The minimum Gasteiger partial charge on any atom is -0.491 e. The molecule has 5 nitrogen and oxygen atoms in total. The third kappa shape index (κ3) is 3.41. The molecule has 5 heteroatoms. The van der Waals surface area contributed by atoms with E-state index in [1.54, 1.807) is 4.68 Å². The van der Waals surface area contributed by atoms with Crippen molar-refractivity contribution in [2.24, 2.45) is 7.05 Å². The van der Waals surface area contributed by atoms with Crippen LogP contribution < -0.4 is 10.1 Å². The molecule has 0 spiro atoms. The molecule has 0 radical (unpaired) electrons. The van der Waals surface area contributed by atoms with E-state index in [-0.39, 0.29) is 23.3 Å². The van der Waals surface area contributed by atoms with Crippen molar-refractivity contribution in [3.63, 3.8) is 0 Å². The van der Waals surface area contributed by atoms with Crippen molar-refractivity contribution in [3.05, 3.63) is 41.1 Å². The van der Waals surface area contributed by atoms with Gasteiger partial charge in [0.05, 0.1) is 11.8 Å². The zero-order valence-electron chi connectivity index (χ0n) is 15.9. The molecule has 1 N–H and O–H groups in total. The lowest BCUT2D eigenvalue weighted by atomic mass is 9.79. The van der Waals surface area contributed by atoms with Crippen molar-refractivity contribution < 1.29 is 9.53 Å². The van der Waals surface area contributed by atoms with E-state index < -0.39 is 0 Å². The predicted molar refractivity (Wildman–Crippen MR) is 99.2 cm³/mol. The number of aromatic nitrogens is 2. The molecule has 1 aliphatic rings. The SMILES string of the molecule is CC(C)Oc1ccc(C2CC(=O)Nc3c2c(C(C)(C)C)nn3C)cc1. The Morgan fingerprint density at radius 1 is 1.24 bits per heavy atom. The lowest BCUT2D eigenvalue weighted by molar-refractivity contribution is -0.116. The Bertz CT molecular complexity index is 783. The average Bonchev–Trinajstić information content (AvgIpc) is 2.84. The van der Waals surface area contributed by atoms with E-state index in [0.29, 0.717) is 6.42 Å². The van der Waals surface area contributed by atoms with Gasteiger partial charge in [-0.05, 0) is 31.5 Å². The van der Waals surface area contributed by atoms with Crippen molar-refractivity contribution in [3.8, 4) is 5.75 Å². The van der Waals surface area contributed by atoms with Crippen molar-refractivity contribution in [2.45, 2.75) is 58.5 Å². The molecule has 25 heavy (non-hydrogen) atoms. The summed E-state index contributed by atoms with van der Waals surface area (Å²) in [4.78, 5) is 12.3. The number of carbonyl (C=O) groups excluding carboxylic acids is 1. The second-order valence-corrected chi connectivity index (χ2v) is 8.03. The Kier molecular flexibility index (Phi) is 4.35. The number of ether oxygens (including phenoxy) is 1. The van der Waals surface area contributed by atoms with E-state index >= 15 is 0 Å². The molecule has 0 fully saturated rings. The van der Waals surface area contributed by atoms with Crippen molar-refractivity contribution in [1.82, 2.24) is 9.78 Å². The average molecular weight is 341 g/mol. The van der Waals surface area contributed by atoms with Gasteiger partial charge in [-0.15, -0.1) is 0 Å². The number of aryl methyl sites for hydroxylation is 1. The van der Waals surface area contributed by atoms with Crippen LogP contribution in [0.1, 0.15) is 63.8 Å². The topological polar surface area (TPSA) is 56.1 Å². The van der Waals surface area contributed by atoms with Crippen LogP contribution in [0.5, 0.6) is 5.75 Å². The van der Waals surface area contributed by atoms with Crippen molar-refractivity contribution in [1.29, 1.82) is 0 Å². The van der Waals surface area contributed by atoms with Gasteiger partial charge in [-0.1, -0.05) is 32.9 Å². The molecule has 1 aromatic heterocycles. The fourth-order valence-corrected chi connectivity index (χ4v) is 3.38. The maximum atomic E-state index is 12.3. The normalized spacial score (nSPS) is 17.4. The lowest BCUT2D eigenvalue weighted by Crippen LogP contribution is -2.26. The molecule has 1 atom stereocenters. The van der Waals surface area contributed by atoms with Gasteiger partial charge in [0.25, 0.3) is 0 Å². The van der Waals surface area contributed by atoms with Gasteiger partial charge in [0.2, 0.25) is 5.91 Å². The minimum atomic E-state index is -0.0909. The molecule has 1 aliphatic heterocycles. The number of amides is 1. The molecule has 1 unspecified atom stereocenters. The summed E-state index contributed by atoms with van der Waals surface area (Å²) >= 11 is 0. The first-order valence-corrected chi connectivity index (χ1v) is 8.80. The summed E-state index contributed by atoms with van der Waals surface area (Å²) in [5.41, 5.74) is 3.20. The first-order valence-electron chi connectivity index (χ1n) is 8.80. The molecule has 0 aliphatic carbocycles. The molecule has 0 saturated carbocycles. The first kappa shape index (κ1) is 17.5. The van der Waals surface area contributed by atoms with Gasteiger partial charge in [0.1, 0.15) is 11.6 Å². The summed E-state index contributed by atoms with van der Waals surface area (Å²) in [6.45, 7) is 10.5. The van der Waals surface area contributed by atoms with Gasteiger partial charge in [0, 0.05) is 30.4 Å². The monoisotopic (exact) mass is 341 g/mol. The second kappa shape index (κ2) is 6.21. The number of hydrogen-bond donors (Lipinski definition) is 1. The highest BCUT2D eigenvalue weighted by atomic mass is 16.5. The standard InChI is InChI=1S/C20H27N3O2/c1-12(2)25-14-9-7-13(8-10-14)15-11-16(24)21-19-17(15)18(20(3,4)5)22-23(19)6/h7-10,12,15H,11H2,1-6H3,(H,21,24). The zero-order valence-corrected chi connectivity index (χ0v) is 15.9. The molecule has 2 heterocycles. The largest absolute Gasteiger partial charge is 0.491 e. The molecular formula is C20H27N3O2. The molecule has 0 bridgehead atoms. The molecule has 134 valence electrons. The number of rotatable bonds is 3. The van der Waals surface area contributed by atoms with E-state index in [9.17, 15) is 4.79 Å². The number of benzene rings is 1. The van der Waals surface area contributed by atoms with Gasteiger partial charge < -0.3 is 10.1 Å². The highest BCUT2D eigenvalue weighted by Gasteiger charge is 2.36. The van der Waals surface area contributed by atoms with E-state index in [4.69, 9.17) is 9.84 Å². The highest BCUT2D eigenvalue weighted by Crippen LogP contribution is 2.42. The molecule has 2 aromatic rings. The van der Waals surface area contributed by atoms with Crippen LogP contribution in [0.3, 0.4) is 0 Å². The maximum Gasteiger partial charge on any atom is 0.226 e. The Hall–Kier alpha value is -2.30. The molecular weight excluding hydrogens is 314 g/mol. The van der Waals surface area contributed by atoms with E-state index in [0.717, 1.165) is 28.4 Å². The predicted octanol–water partition coefficient (Wildman–Crippen LogP) is 3.98. The summed E-state index contributed by atoms with van der Waals surface area (Å²) in [5.74, 6) is 1.71. The van der Waals surface area contributed by atoms with Gasteiger partial charge in [-0.2, -0.15) is 5.10 Å². The third-order valence-corrected chi connectivity index (χ3v) is 4.44. The van der Waals surface area contributed by atoms with E-state index in [1.165, 1.54) is 0 Å². The number of nitrogens with zero attached hydrogens (tertiary/aromatic N) is 2. The summed E-state index contributed by atoms with van der Waals surface area (Å²) in [6.07, 6.45) is 0.579. The Labute approximate surface area is 149 Å². The lowest BCUT2D eigenvalue weighted by Gasteiger charge is -2.27. The molecule has 1 amide bonds. The Morgan fingerprint density at radius 2 is 1.88 bits per heavy atom. The first-order chi connectivity index (χ1) is 11.7. The van der Waals surface area contributed by atoms with E-state index in [1.807, 2.05) is 33.0 Å². The van der Waals surface area contributed by atoms with Crippen LogP contribution in [0.2, 0.25) is 0 Å². The highest BCUT2D eigenvalue weighted by molar-refractivity contribution is 5.94. The third-order valence-electron chi connectivity index (χ3n) is 4.44. The summed E-state index contributed by atoms with van der Waals surface area (Å²) in [7, 11) is 1.89. The smallest absolute Gasteiger partial charge is 0.226 e. The van der Waals surface area contributed by atoms with Crippen molar-refractivity contribution in [2.75, 3.05) is 5.32 Å². The Morgan fingerprint density at radius 3 is 2.44 bits per heavy atom. The summed E-state index contributed by atoms with van der Waals surface area (Å²) in [5, 5.41) is 7.70. The number of nitrogens with one attached hydrogen (secondary N) is 1. The van der Waals surface area contributed by atoms with Crippen LogP contribution >= 0.6 is 0 Å². The van der Waals surface area contributed by atoms with Gasteiger partial charge in [-0.25, -0.2) is 0 Å². The minimum absolute atomic E-state index is 0.0137. The fourth-order valence-electron chi connectivity index (χ4n) is 3.38. The summed E-state index contributed by atoms with van der Waals surface area (Å²) in [6, 6.07) is 8.08. The van der Waals surface area contributed by atoms with Gasteiger partial charge in [0.15, 0.2) is 0 Å². The zero-order chi connectivity index (χ0) is 18.4.